The molecule has 3 heterocycles. The van der Waals surface area contributed by atoms with E-state index in [0.29, 0.717) is 18.3 Å². The van der Waals surface area contributed by atoms with Gasteiger partial charge in [-0.2, -0.15) is 5.10 Å². The molecular formula is C19H31N5O. The minimum absolute atomic E-state index is 0.267. The van der Waals surface area contributed by atoms with Gasteiger partial charge >= 0.3 is 0 Å². The summed E-state index contributed by atoms with van der Waals surface area (Å²) in [5.74, 6) is 2.35. The van der Waals surface area contributed by atoms with E-state index in [1.165, 1.54) is 12.8 Å². The zero-order chi connectivity index (χ0) is 17.6. The Bertz CT molecular complexity index is 546. The number of piperidine rings is 2. The van der Waals surface area contributed by atoms with Crippen molar-refractivity contribution in [2.24, 2.45) is 11.8 Å². The van der Waals surface area contributed by atoms with Gasteiger partial charge in [0.1, 0.15) is 0 Å². The Kier molecular flexibility index (Phi) is 6.24. The Morgan fingerprint density at radius 2 is 2.20 bits per heavy atom. The Morgan fingerprint density at radius 3 is 2.92 bits per heavy atom. The molecule has 0 aliphatic carbocycles. The van der Waals surface area contributed by atoms with E-state index in [9.17, 15) is 4.79 Å². The maximum Gasteiger partial charge on any atom is 0.222 e. The summed E-state index contributed by atoms with van der Waals surface area (Å²) in [6.45, 7) is 6.27. The molecule has 1 aromatic heterocycles. The van der Waals surface area contributed by atoms with Crippen molar-refractivity contribution in [2.75, 3.05) is 38.1 Å². The summed E-state index contributed by atoms with van der Waals surface area (Å²) < 4.78 is 0. The predicted octanol–water partition coefficient (Wildman–Crippen LogP) is 1.93. The molecule has 6 heteroatoms. The van der Waals surface area contributed by atoms with Crippen LogP contribution in [0.5, 0.6) is 0 Å². The summed E-state index contributed by atoms with van der Waals surface area (Å²) in [7, 11) is 1.97. The number of nitrogens with zero attached hydrogens (tertiary/aromatic N) is 4. The third-order valence-electron chi connectivity index (χ3n) is 5.90. The van der Waals surface area contributed by atoms with E-state index in [2.05, 4.69) is 27.3 Å². The Balaban J connectivity index is 1.54. The van der Waals surface area contributed by atoms with Gasteiger partial charge in [-0.05, 0) is 62.7 Å². The van der Waals surface area contributed by atoms with Crippen molar-refractivity contribution in [2.45, 2.75) is 45.1 Å². The van der Waals surface area contributed by atoms with E-state index in [0.717, 1.165) is 44.8 Å². The molecule has 3 rings (SSSR count). The van der Waals surface area contributed by atoms with Gasteiger partial charge in [0, 0.05) is 38.8 Å². The SMILES string of the molecule is CC(CC(=O)N(C)C1CCCN(c2cccnn2)C1)C1CCNCC1. The zero-order valence-corrected chi connectivity index (χ0v) is 15.5. The Hall–Kier alpha value is -1.69. The molecule has 0 aromatic carbocycles. The zero-order valence-electron chi connectivity index (χ0n) is 15.5. The number of hydrogen-bond acceptors (Lipinski definition) is 5. The molecule has 0 bridgehead atoms. The van der Waals surface area contributed by atoms with Crippen molar-refractivity contribution in [3.8, 4) is 0 Å². The number of hydrogen-bond donors (Lipinski definition) is 1. The minimum atomic E-state index is 0.267. The van der Waals surface area contributed by atoms with Crippen LogP contribution >= 0.6 is 0 Å². The number of likely N-dealkylation sites (N-methyl/N-ethyl adjacent to an activating group) is 1. The second-order valence-corrected chi connectivity index (χ2v) is 7.60. The fourth-order valence-electron chi connectivity index (χ4n) is 4.14. The van der Waals surface area contributed by atoms with Crippen LogP contribution in [0.15, 0.2) is 18.3 Å². The van der Waals surface area contributed by atoms with Crippen molar-refractivity contribution >= 4 is 11.7 Å². The van der Waals surface area contributed by atoms with Crippen LogP contribution in [-0.2, 0) is 4.79 Å². The third kappa shape index (κ3) is 4.69. The molecule has 6 nitrogen and oxygen atoms in total. The van der Waals surface area contributed by atoms with Crippen molar-refractivity contribution in [1.82, 2.24) is 20.4 Å². The fraction of sp³-hybridized carbons (Fsp3) is 0.737. The Morgan fingerprint density at radius 1 is 1.40 bits per heavy atom. The second-order valence-electron chi connectivity index (χ2n) is 7.60. The number of amides is 1. The summed E-state index contributed by atoms with van der Waals surface area (Å²) in [6.07, 6.45) is 6.92. The standard InChI is InChI=1S/C19H31N5O/c1-15(16-7-10-20-11-8-16)13-19(25)23(2)17-5-4-12-24(14-17)18-6-3-9-21-22-18/h3,6,9,15-17,20H,4-5,7-8,10-14H2,1-2H3. The smallest absolute Gasteiger partial charge is 0.222 e. The van der Waals surface area contributed by atoms with Gasteiger partial charge in [0.05, 0.1) is 0 Å². The summed E-state index contributed by atoms with van der Waals surface area (Å²) in [5, 5.41) is 11.6. The van der Waals surface area contributed by atoms with E-state index in [4.69, 9.17) is 0 Å². The Labute approximate surface area is 151 Å². The first-order valence-electron chi connectivity index (χ1n) is 9.64. The van der Waals surface area contributed by atoms with E-state index in [-0.39, 0.29) is 11.9 Å². The molecule has 25 heavy (non-hydrogen) atoms. The van der Waals surface area contributed by atoms with Gasteiger partial charge in [0.15, 0.2) is 5.82 Å². The topological polar surface area (TPSA) is 61.4 Å². The summed E-state index contributed by atoms with van der Waals surface area (Å²) >= 11 is 0. The van der Waals surface area contributed by atoms with Crippen molar-refractivity contribution in [3.63, 3.8) is 0 Å². The molecular weight excluding hydrogens is 314 g/mol. The first-order chi connectivity index (χ1) is 12.1. The first kappa shape index (κ1) is 18.1. The van der Waals surface area contributed by atoms with E-state index in [1.54, 1.807) is 6.20 Å². The van der Waals surface area contributed by atoms with Gasteiger partial charge in [-0.3, -0.25) is 4.79 Å². The van der Waals surface area contributed by atoms with Gasteiger partial charge in [-0.1, -0.05) is 6.92 Å². The lowest BCUT2D eigenvalue weighted by Gasteiger charge is -2.38. The van der Waals surface area contributed by atoms with E-state index in [1.807, 2.05) is 24.1 Å². The van der Waals surface area contributed by atoms with Crippen LogP contribution in [0, 0.1) is 11.8 Å². The molecule has 0 saturated carbocycles. The highest BCUT2D eigenvalue weighted by atomic mass is 16.2. The maximum atomic E-state index is 12.8. The summed E-state index contributed by atoms with van der Waals surface area (Å²) in [6, 6.07) is 4.18. The molecule has 2 atom stereocenters. The molecule has 138 valence electrons. The van der Waals surface area contributed by atoms with Gasteiger partial charge < -0.3 is 15.1 Å². The molecule has 1 amide bonds. The average molecular weight is 345 g/mol. The summed E-state index contributed by atoms with van der Waals surface area (Å²) in [4.78, 5) is 17.0. The molecule has 2 aliphatic heterocycles. The highest BCUT2D eigenvalue weighted by Gasteiger charge is 2.29. The third-order valence-corrected chi connectivity index (χ3v) is 5.90. The largest absolute Gasteiger partial charge is 0.353 e. The van der Waals surface area contributed by atoms with E-state index >= 15 is 0 Å². The molecule has 2 saturated heterocycles. The number of nitrogens with one attached hydrogen (secondary N) is 1. The lowest BCUT2D eigenvalue weighted by atomic mass is 9.84. The molecule has 2 unspecified atom stereocenters. The van der Waals surface area contributed by atoms with Gasteiger partial charge in [-0.15, -0.1) is 5.10 Å². The number of carbonyl (C=O) groups excluding carboxylic acids is 1. The minimum Gasteiger partial charge on any atom is -0.353 e. The van der Waals surface area contributed by atoms with Gasteiger partial charge in [0.2, 0.25) is 5.91 Å². The average Bonchev–Trinajstić information content (AvgIpc) is 2.68. The molecule has 1 aromatic rings. The number of aromatic nitrogens is 2. The fourth-order valence-corrected chi connectivity index (χ4v) is 4.14. The van der Waals surface area contributed by atoms with Crippen LogP contribution in [0.1, 0.15) is 39.0 Å². The molecule has 2 fully saturated rings. The molecule has 1 N–H and O–H groups in total. The monoisotopic (exact) mass is 345 g/mol. The second kappa shape index (κ2) is 8.61. The maximum absolute atomic E-state index is 12.8. The lowest BCUT2D eigenvalue weighted by Crippen LogP contribution is -2.49. The number of carbonyl (C=O) groups is 1. The molecule has 0 radical (unpaired) electrons. The molecule has 2 aliphatic rings. The van der Waals surface area contributed by atoms with Crippen LogP contribution in [-0.4, -0.2) is 60.3 Å². The number of anilines is 1. The predicted molar refractivity (Wildman–Crippen MR) is 99.4 cm³/mol. The highest BCUT2D eigenvalue weighted by Crippen LogP contribution is 2.26. The normalized spacial score (nSPS) is 23.3. The van der Waals surface area contributed by atoms with Crippen LogP contribution in [0.4, 0.5) is 5.82 Å². The van der Waals surface area contributed by atoms with Crippen molar-refractivity contribution in [3.05, 3.63) is 18.3 Å². The van der Waals surface area contributed by atoms with Gasteiger partial charge in [0.25, 0.3) is 0 Å². The highest BCUT2D eigenvalue weighted by molar-refractivity contribution is 5.76. The molecule has 0 spiro atoms. The van der Waals surface area contributed by atoms with Crippen LogP contribution in [0.2, 0.25) is 0 Å². The van der Waals surface area contributed by atoms with E-state index < -0.39 is 0 Å². The lowest BCUT2D eigenvalue weighted by molar-refractivity contribution is -0.133. The summed E-state index contributed by atoms with van der Waals surface area (Å²) in [5.41, 5.74) is 0. The van der Waals surface area contributed by atoms with Crippen LogP contribution in [0.25, 0.3) is 0 Å². The number of rotatable bonds is 5. The van der Waals surface area contributed by atoms with Crippen LogP contribution in [0.3, 0.4) is 0 Å². The first-order valence-corrected chi connectivity index (χ1v) is 9.64. The quantitative estimate of drug-likeness (QED) is 0.883. The van der Waals surface area contributed by atoms with Gasteiger partial charge in [-0.25, -0.2) is 0 Å². The van der Waals surface area contributed by atoms with Crippen molar-refractivity contribution in [1.29, 1.82) is 0 Å². The van der Waals surface area contributed by atoms with Crippen LogP contribution < -0.4 is 10.2 Å². The van der Waals surface area contributed by atoms with Crippen molar-refractivity contribution < 1.29 is 4.79 Å².